The first kappa shape index (κ1) is 15.9. The van der Waals surface area contributed by atoms with E-state index in [0.29, 0.717) is 29.9 Å². The molecular weight excluding hydrogens is 304 g/mol. The average molecular weight is 330 g/mol. The highest BCUT2D eigenvalue weighted by molar-refractivity contribution is 5.86. The third-order valence-electron chi connectivity index (χ3n) is 7.01. The molecule has 4 heteroatoms. The fourth-order valence-corrected chi connectivity index (χ4v) is 5.83. The Bertz CT molecular complexity index is 682. The molecule has 5 atom stereocenters. The Labute approximate surface area is 143 Å². The van der Waals surface area contributed by atoms with Crippen LogP contribution >= 0.6 is 0 Å². The van der Waals surface area contributed by atoms with Crippen LogP contribution in [0.4, 0.5) is 0 Å². The van der Waals surface area contributed by atoms with E-state index in [4.69, 9.17) is 9.47 Å². The van der Waals surface area contributed by atoms with Crippen LogP contribution in [-0.4, -0.2) is 31.2 Å². The lowest BCUT2D eigenvalue weighted by molar-refractivity contribution is -0.141. The summed E-state index contributed by atoms with van der Waals surface area (Å²) >= 11 is 0. The lowest BCUT2D eigenvalue weighted by atomic mass is 9.46. The summed E-state index contributed by atoms with van der Waals surface area (Å²) in [4.78, 5) is 12.7. The Hall–Kier alpha value is -1.55. The first-order valence-electron chi connectivity index (χ1n) is 8.96. The van der Waals surface area contributed by atoms with Crippen LogP contribution in [0.5, 0.6) is 11.5 Å². The number of methoxy groups -OCH3 is 2. The van der Waals surface area contributed by atoms with E-state index in [-0.39, 0.29) is 23.1 Å². The van der Waals surface area contributed by atoms with E-state index < -0.39 is 0 Å². The van der Waals surface area contributed by atoms with E-state index in [1.165, 1.54) is 5.56 Å². The van der Waals surface area contributed by atoms with Gasteiger partial charge in [-0.05, 0) is 55.1 Å². The zero-order chi connectivity index (χ0) is 17.1. The van der Waals surface area contributed by atoms with Gasteiger partial charge in [0.25, 0.3) is 0 Å². The number of rotatable bonds is 2. The largest absolute Gasteiger partial charge is 0.504 e. The highest BCUT2D eigenvalue weighted by atomic mass is 16.5. The minimum Gasteiger partial charge on any atom is -0.504 e. The number of phenols is 1. The molecule has 1 aromatic rings. The average Bonchev–Trinajstić information content (AvgIpc) is 2.57. The smallest absolute Gasteiger partial charge is 0.162 e. The maximum atomic E-state index is 12.7. The van der Waals surface area contributed by atoms with Crippen molar-refractivity contribution in [3.63, 3.8) is 0 Å². The molecule has 0 aromatic heterocycles. The number of hydrogen-bond donors (Lipinski definition) is 1. The van der Waals surface area contributed by atoms with Gasteiger partial charge < -0.3 is 14.6 Å². The number of carbonyl (C=O) groups excluding carboxylic acids is 1. The molecule has 1 aromatic carbocycles. The van der Waals surface area contributed by atoms with E-state index >= 15 is 0 Å². The summed E-state index contributed by atoms with van der Waals surface area (Å²) in [5.74, 6) is 2.54. The van der Waals surface area contributed by atoms with Gasteiger partial charge in [-0.25, -0.2) is 0 Å². The zero-order valence-corrected chi connectivity index (χ0v) is 14.7. The van der Waals surface area contributed by atoms with E-state index in [9.17, 15) is 9.90 Å². The summed E-state index contributed by atoms with van der Waals surface area (Å²) in [5, 5.41) is 10.9. The van der Waals surface area contributed by atoms with Crippen molar-refractivity contribution in [3.05, 3.63) is 23.3 Å². The van der Waals surface area contributed by atoms with Crippen molar-refractivity contribution in [2.75, 3.05) is 14.2 Å². The van der Waals surface area contributed by atoms with Crippen molar-refractivity contribution in [1.29, 1.82) is 0 Å². The van der Waals surface area contributed by atoms with Gasteiger partial charge in [-0.3, -0.25) is 4.79 Å². The number of Topliss-reactive ketones (excluding diaryl/α,β-unsaturated/α-hetero) is 1. The van der Waals surface area contributed by atoms with E-state index in [0.717, 1.165) is 31.2 Å². The van der Waals surface area contributed by atoms with Crippen molar-refractivity contribution < 1.29 is 19.4 Å². The maximum absolute atomic E-state index is 12.7. The molecule has 3 aliphatic carbocycles. The first-order valence-corrected chi connectivity index (χ1v) is 8.96. The molecule has 0 spiro atoms. The standard InChI is InChI=1S/C20H26O4/c1-11-6-7-20-10-15(21)17(24-3)9-14(20)13(11)8-12-4-5-16(23-2)19(22)18(12)20/h4-5,11,13-14,17,22H,6-10H2,1-3H3/t11-,13?,14?,17?,20-/m1/s1. The van der Waals surface area contributed by atoms with Crippen LogP contribution in [0.1, 0.15) is 43.7 Å². The van der Waals surface area contributed by atoms with Gasteiger partial charge in [0, 0.05) is 24.5 Å². The van der Waals surface area contributed by atoms with Gasteiger partial charge in [0.1, 0.15) is 6.10 Å². The highest BCUT2D eigenvalue weighted by Gasteiger charge is 2.58. The van der Waals surface area contributed by atoms with Crippen molar-refractivity contribution in [3.8, 4) is 11.5 Å². The summed E-state index contributed by atoms with van der Waals surface area (Å²) in [6.45, 7) is 2.33. The molecule has 3 aliphatic rings. The van der Waals surface area contributed by atoms with Gasteiger partial charge in [-0.15, -0.1) is 0 Å². The van der Waals surface area contributed by atoms with Gasteiger partial charge >= 0.3 is 0 Å². The van der Waals surface area contributed by atoms with Crippen LogP contribution in [0.25, 0.3) is 0 Å². The molecule has 4 nitrogen and oxygen atoms in total. The Morgan fingerprint density at radius 1 is 1.29 bits per heavy atom. The number of hydrogen-bond acceptors (Lipinski definition) is 4. The third-order valence-corrected chi connectivity index (χ3v) is 7.01. The predicted molar refractivity (Wildman–Crippen MR) is 90.5 cm³/mol. The van der Waals surface area contributed by atoms with Crippen LogP contribution in [0.15, 0.2) is 12.1 Å². The normalized spacial score (nSPS) is 37.5. The monoisotopic (exact) mass is 330 g/mol. The summed E-state index contributed by atoms with van der Waals surface area (Å²) in [7, 11) is 3.22. The molecule has 0 saturated heterocycles. The van der Waals surface area contributed by atoms with Gasteiger partial charge in [0.2, 0.25) is 0 Å². The van der Waals surface area contributed by atoms with Crippen LogP contribution in [-0.2, 0) is 21.4 Å². The number of benzene rings is 1. The molecule has 2 fully saturated rings. The molecule has 2 bridgehead atoms. The number of carbonyl (C=O) groups is 1. The Morgan fingerprint density at radius 3 is 2.79 bits per heavy atom. The topological polar surface area (TPSA) is 55.8 Å². The highest BCUT2D eigenvalue weighted by Crippen LogP contribution is 2.62. The molecule has 1 N–H and O–H groups in total. The summed E-state index contributed by atoms with van der Waals surface area (Å²) in [5.41, 5.74) is 1.94. The Morgan fingerprint density at radius 2 is 2.08 bits per heavy atom. The maximum Gasteiger partial charge on any atom is 0.162 e. The molecular formula is C20H26O4. The van der Waals surface area contributed by atoms with Crippen LogP contribution in [0.3, 0.4) is 0 Å². The first-order chi connectivity index (χ1) is 11.5. The molecule has 4 rings (SSSR count). The molecule has 0 radical (unpaired) electrons. The van der Waals surface area contributed by atoms with E-state index in [2.05, 4.69) is 13.0 Å². The van der Waals surface area contributed by atoms with Crippen molar-refractivity contribution in [2.24, 2.45) is 17.8 Å². The third kappa shape index (κ3) is 1.98. The fraction of sp³-hybridized carbons (Fsp3) is 0.650. The van der Waals surface area contributed by atoms with Crippen LogP contribution in [0, 0.1) is 17.8 Å². The molecule has 130 valence electrons. The molecule has 24 heavy (non-hydrogen) atoms. The number of phenolic OH excluding ortho intramolecular Hbond substituents is 1. The summed E-state index contributed by atoms with van der Waals surface area (Å²) in [6.07, 6.45) is 4.02. The predicted octanol–water partition coefficient (Wildman–Crippen LogP) is 3.23. The lowest BCUT2D eigenvalue weighted by Crippen LogP contribution is -2.56. The van der Waals surface area contributed by atoms with Gasteiger partial charge in [-0.1, -0.05) is 13.0 Å². The molecule has 3 unspecified atom stereocenters. The van der Waals surface area contributed by atoms with Crippen molar-refractivity contribution >= 4 is 5.78 Å². The van der Waals surface area contributed by atoms with Crippen LogP contribution < -0.4 is 4.74 Å². The summed E-state index contributed by atoms with van der Waals surface area (Å²) in [6, 6.07) is 3.94. The van der Waals surface area contributed by atoms with E-state index in [1.807, 2.05) is 6.07 Å². The quantitative estimate of drug-likeness (QED) is 0.904. The number of ketones is 1. The van der Waals surface area contributed by atoms with Gasteiger partial charge in [-0.2, -0.15) is 0 Å². The van der Waals surface area contributed by atoms with Crippen molar-refractivity contribution in [2.45, 2.75) is 50.5 Å². The molecule has 0 amide bonds. The Balaban J connectivity index is 1.91. The van der Waals surface area contributed by atoms with Gasteiger partial charge in [0.15, 0.2) is 17.3 Å². The minimum atomic E-state index is -0.287. The van der Waals surface area contributed by atoms with Crippen LogP contribution in [0.2, 0.25) is 0 Å². The Kier molecular flexibility index (Phi) is 3.64. The summed E-state index contributed by atoms with van der Waals surface area (Å²) < 4.78 is 10.8. The van der Waals surface area contributed by atoms with Crippen molar-refractivity contribution in [1.82, 2.24) is 0 Å². The molecule has 0 aliphatic heterocycles. The van der Waals surface area contributed by atoms with E-state index in [1.54, 1.807) is 14.2 Å². The second-order valence-corrected chi connectivity index (χ2v) is 7.90. The number of ether oxygens (including phenoxy) is 2. The number of fused-ring (bicyclic) bond motifs is 1. The number of aromatic hydroxyl groups is 1. The van der Waals surface area contributed by atoms with Gasteiger partial charge in [0.05, 0.1) is 7.11 Å². The minimum absolute atomic E-state index is 0.178. The second kappa shape index (κ2) is 5.48. The lowest BCUT2D eigenvalue weighted by Gasteiger charge is -2.58. The molecule has 2 saturated carbocycles. The SMILES string of the molecule is COc1ccc2c(c1O)[C@@]13CC[C@@H](C)C(C2)C1CC(OC)C(=O)C3. The fourth-order valence-electron chi connectivity index (χ4n) is 5.83. The molecule has 0 heterocycles. The zero-order valence-electron chi connectivity index (χ0n) is 14.7. The second-order valence-electron chi connectivity index (χ2n) is 7.90.